The van der Waals surface area contributed by atoms with Crippen LogP contribution in [-0.2, 0) is 17.7 Å². The highest BCUT2D eigenvalue weighted by atomic mass is 16.5. The molecule has 116 valence electrons. The Balaban J connectivity index is 1.55. The van der Waals surface area contributed by atoms with Gasteiger partial charge in [-0.3, -0.25) is 9.88 Å². The quantitative estimate of drug-likeness (QED) is 0.849. The van der Waals surface area contributed by atoms with E-state index >= 15 is 0 Å². The molecule has 1 aromatic carbocycles. The van der Waals surface area contributed by atoms with Gasteiger partial charge in [-0.05, 0) is 36.2 Å². The lowest BCUT2D eigenvalue weighted by Crippen LogP contribution is -2.42. The zero-order chi connectivity index (χ0) is 15.2. The minimum atomic E-state index is 0.242. The average Bonchev–Trinajstić information content (AvgIpc) is 2.57. The molecule has 0 N–H and O–H groups in total. The smallest absolute Gasteiger partial charge is 0.118 e. The maximum Gasteiger partial charge on any atom is 0.118 e. The van der Waals surface area contributed by atoms with E-state index < -0.39 is 0 Å². The number of hydrogen-bond donors (Lipinski definition) is 0. The largest absolute Gasteiger partial charge is 0.497 e. The zero-order valence-corrected chi connectivity index (χ0v) is 12.9. The Morgan fingerprint density at radius 3 is 2.82 bits per heavy atom. The van der Waals surface area contributed by atoms with Crippen molar-refractivity contribution in [3.8, 4) is 5.75 Å². The second kappa shape index (κ2) is 7.38. The van der Waals surface area contributed by atoms with Gasteiger partial charge in [-0.1, -0.05) is 18.2 Å². The Hall–Kier alpha value is -1.91. The van der Waals surface area contributed by atoms with Crippen molar-refractivity contribution in [2.75, 3.05) is 26.8 Å². The van der Waals surface area contributed by atoms with E-state index in [1.54, 1.807) is 7.11 Å². The number of aromatic nitrogens is 1. The lowest BCUT2D eigenvalue weighted by atomic mass is 10.1. The van der Waals surface area contributed by atoms with E-state index in [1.165, 1.54) is 5.56 Å². The molecule has 2 heterocycles. The molecule has 4 nitrogen and oxygen atoms in total. The van der Waals surface area contributed by atoms with Gasteiger partial charge in [0.1, 0.15) is 5.75 Å². The molecule has 0 spiro atoms. The van der Waals surface area contributed by atoms with Crippen LogP contribution in [0.5, 0.6) is 5.75 Å². The van der Waals surface area contributed by atoms with Gasteiger partial charge in [0.25, 0.3) is 0 Å². The molecule has 0 aliphatic carbocycles. The number of nitrogens with zero attached hydrogens (tertiary/aromatic N) is 2. The van der Waals surface area contributed by atoms with Crippen LogP contribution < -0.4 is 4.74 Å². The molecule has 0 bridgehead atoms. The molecule has 3 rings (SSSR count). The Labute approximate surface area is 131 Å². The summed E-state index contributed by atoms with van der Waals surface area (Å²) in [6.45, 7) is 3.59. The standard InChI is InChI=1S/C18H22N2O2/c1-21-17-7-5-15(6-8-17)12-18-14-20(10-11-22-18)13-16-4-2-3-9-19-16/h2-9,18H,10-14H2,1H3. The van der Waals surface area contributed by atoms with Crippen molar-refractivity contribution in [3.63, 3.8) is 0 Å². The van der Waals surface area contributed by atoms with Crippen LogP contribution in [0.25, 0.3) is 0 Å². The number of rotatable bonds is 5. The fourth-order valence-electron chi connectivity index (χ4n) is 2.79. The molecular weight excluding hydrogens is 276 g/mol. The van der Waals surface area contributed by atoms with Gasteiger partial charge in [-0.2, -0.15) is 0 Å². The van der Waals surface area contributed by atoms with Crippen molar-refractivity contribution >= 4 is 0 Å². The highest BCUT2D eigenvalue weighted by Gasteiger charge is 2.21. The van der Waals surface area contributed by atoms with Crippen LogP contribution in [0.3, 0.4) is 0 Å². The van der Waals surface area contributed by atoms with Gasteiger partial charge in [0.05, 0.1) is 25.5 Å². The molecule has 4 heteroatoms. The van der Waals surface area contributed by atoms with Crippen LogP contribution >= 0.6 is 0 Å². The lowest BCUT2D eigenvalue weighted by Gasteiger charge is -2.32. The summed E-state index contributed by atoms with van der Waals surface area (Å²) in [5.74, 6) is 0.894. The van der Waals surface area contributed by atoms with Gasteiger partial charge >= 0.3 is 0 Å². The van der Waals surface area contributed by atoms with Crippen LogP contribution in [0.1, 0.15) is 11.3 Å². The zero-order valence-electron chi connectivity index (χ0n) is 12.9. The predicted octanol–water partition coefficient (Wildman–Crippen LogP) is 2.53. The molecule has 0 radical (unpaired) electrons. The van der Waals surface area contributed by atoms with Gasteiger partial charge in [-0.25, -0.2) is 0 Å². The summed E-state index contributed by atoms with van der Waals surface area (Å²) >= 11 is 0. The van der Waals surface area contributed by atoms with Gasteiger partial charge in [0, 0.05) is 25.8 Å². The van der Waals surface area contributed by atoms with E-state index in [1.807, 2.05) is 30.5 Å². The number of ether oxygens (including phenoxy) is 2. The van der Waals surface area contributed by atoms with E-state index in [0.29, 0.717) is 0 Å². The number of pyridine rings is 1. The minimum absolute atomic E-state index is 0.242. The molecule has 0 amide bonds. The molecule has 1 fully saturated rings. The van der Waals surface area contributed by atoms with E-state index in [4.69, 9.17) is 9.47 Å². The lowest BCUT2D eigenvalue weighted by molar-refractivity contribution is -0.0308. The predicted molar refractivity (Wildman–Crippen MR) is 86.0 cm³/mol. The molecule has 1 saturated heterocycles. The van der Waals surface area contributed by atoms with E-state index in [0.717, 1.165) is 44.1 Å². The summed E-state index contributed by atoms with van der Waals surface area (Å²) in [5.41, 5.74) is 2.40. The summed E-state index contributed by atoms with van der Waals surface area (Å²) in [7, 11) is 1.69. The van der Waals surface area contributed by atoms with Crippen LogP contribution in [0.4, 0.5) is 0 Å². The summed E-state index contributed by atoms with van der Waals surface area (Å²) < 4.78 is 11.1. The fraction of sp³-hybridized carbons (Fsp3) is 0.389. The maximum absolute atomic E-state index is 5.91. The van der Waals surface area contributed by atoms with Crippen molar-refractivity contribution in [1.29, 1.82) is 0 Å². The van der Waals surface area contributed by atoms with Gasteiger partial charge < -0.3 is 9.47 Å². The Morgan fingerprint density at radius 1 is 1.23 bits per heavy atom. The molecule has 1 aliphatic rings. The van der Waals surface area contributed by atoms with E-state index in [9.17, 15) is 0 Å². The first kappa shape index (κ1) is 15.0. The molecule has 1 aromatic heterocycles. The second-order valence-corrected chi connectivity index (χ2v) is 5.60. The fourth-order valence-corrected chi connectivity index (χ4v) is 2.79. The third-order valence-electron chi connectivity index (χ3n) is 3.96. The molecule has 1 atom stereocenters. The van der Waals surface area contributed by atoms with Gasteiger partial charge in [0.15, 0.2) is 0 Å². The van der Waals surface area contributed by atoms with Crippen LogP contribution in [0, 0.1) is 0 Å². The van der Waals surface area contributed by atoms with Crippen LogP contribution in [0.2, 0.25) is 0 Å². The maximum atomic E-state index is 5.91. The molecule has 0 saturated carbocycles. The van der Waals surface area contributed by atoms with E-state index in [-0.39, 0.29) is 6.10 Å². The number of methoxy groups -OCH3 is 1. The van der Waals surface area contributed by atoms with Crippen molar-refractivity contribution in [1.82, 2.24) is 9.88 Å². The Morgan fingerprint density at radius 2 is 2.09 bits per heavy atom. The van der Waals surface area contributed by atoms with Crippen molar-refractivity contribution < 1.29 is 9.47 Å². The van der Waals surface area contributed by atoms with Crippen molar-refractivity contribution in [2.45, 2.75) is 19.1 Å². The molecule has 2 aromatic rings. The molecule has 22 heavy (non-hydrogen) atoms. The minimum Gasteiger partial charge on any atom is -0.497 e. The monoisotopic (exact) mass is 298 g/mol. The number of benzene rings is 1. The summed E-state index contributed by atoms with van der Waals surface area (Å²) in [5, 5.41) is 0. The third kappa shape index (κ3) is 4.06. The third-order valence-corrected chi connectivity index (χ3v) is 3.96. The molecule has 1 aliphatic heterocycles. The summed E-state index contributed by atoms with van der Waals surface area (Å²) in [4.78, 5) is 6.82. The summed E-state index contributed by atoms with van der Waals surface area (Å²) in [6, 6.07) is 14.3. The number of morpholine rings is 1. The van der Waals surface area contributed by atoms with Gasteiger partial charge in [0.2, 0.25) is 0 Å². The Bertz CT molecular complexity index is 571. The molecular formula is C18H22N2O2. The van der Waals surface area contributed by atoms with Crippen molar-refractivity contribution in [2.24, 2.45) is 0 Å². The second-order valence-electron chi connectivity index (χ2n) is 5.60. The summed E-state index contributed by atoms with van der Waals surface area (Å²) in [6.07, 6.45) is 3.03. The van der Waals surface area contributed by atoms with Gasteiger partial charge in [-0.15, -0.1) is 0 Å². The SMILES string of the molecule is COc1ccc(CC2CN(Cc3ccccn3)CCO2)cc1. The normalized spacial score (nSPS) is 19.0. The first-order chi connectivity index (χ1) is 10.8. The first-order valence-electron chi connectivity index (χ1n) is 7.70. The van der Waals surface area contributed by atoms with Crippen molar-refractivity contribution in [3.05, 3.63) is 59.9 Å². The van der Waals surface area contributed by atoms with Crippen LogP contribution in [0.15, 0.2) is 48.7 Å². The highest BCUT2D eigenvalue weighted by molar-refractivity contribution is 5.27. The average molecular weight is 298 g/mol. The van der Waals surface area contributed by atoms with Crippen LogP contribution in [-0.4, -0.2) is 42.8 Å². The highest BCUT2D eigenvalue weighted by Crippen LogP contribution is 2.16. The Kier molecular flexibility index (Phi) is 5.03. The van der Waals surface area contributed by atoms with E-state index in [2.05, 4.69) is 28.1 Å². The number of hydrogen-bond acceptors (Lipinski definition) is 4. The first-order valence-corrected chi connectivity index (χ1v) is 7.70. The molecule has 1 unspecified atom stereocenters. The topological polar surface area (TPSA) is 34.6 Å².